The average molecular weight is 281 g/mol. The summed E-state index contributed by atoms with van der Waals surface area (Å²) in [6, 6.07) is -0.320. The molecule has 1 aliphatic rings. The quantitative estimate of drug-likeness (QED) is 0.696. The monoisotopic (exact) mass is 281 g/mol. The first-order valence-corrected chi connectivity index (χ1v) is 6.41. The van der Waals surface area contributed by atoms with E-state index in [0.29, 0.717) is 24.2 Å². The number of hydrogen-bond acceptors (Lipinski definition) is 5. The van der Waals surface area contributed by atoms with Crippen LogP contribution in [0.1, 0.15) is 18.4 Å². The van der Waals surface area contributed by atoms with Crippen molar-refractivity contribution in [1.29, 1.82) is 0 Å². The summed E-state index contributed by atoms with van der Waals surface area (Å²) in [5.74, 6) is -0.105. The van der Waals surface area contributed by atoms with E-state index in [2.05, 4.69) is 10.4 Å². The third kappa shape index (κ3) is 2.81. The van der Waals surface area contributed by atoms with Crippen LogP contribution in [0.3, 0.4) is 0 Å². The van der Waals surface area contributed by atoms with Gasteiger partial charge in [-0.1, -0.05) is 0 Å². The van der Waals surface area contributed by atoms with Gasteiger partial charge in [0, 0.05) is 38.3 Å². The van der Waals surface area contributed by atoms with Crippen LogP contribution in [0.5, 0.6) is 0 Å². The van der Waals surface area contributed by atoms with Gasteiger partial charge in [0.05, 0.1) is 6.10 Å². The highest BCUT2D eigenvalue weighted by Gasteiger charge is 2.33. The number of amides is 2. The summed E-state index contributed by atoms with van der Waals surface area (Å²) in [5.41, 5.74) is 6.18. The molecule has 1 aromatic rings. The average Bonchev–Trinajstić information content (AvgIpc) is 2.76. The summed E-state index contributed by atoms with van der Waals surface area (Å²) >= 11 is 0. The summed E-state index contributed by atoms with van der Waals surface area (Å²) in [7, 11) is 3.22. The normalized spacial score (nSPS) is 21.2. The van der Waals surface area contributed by atoms with Gasteiger partial charge in [-0.25, -0.2) is 4.79 Å². The van der Waals surface area contributed by atoms with E-state index in [0.717, 1.165) is 4.68 Å². The first kappa shape index (κ1) is 14.5. The molecule has 0 aliphatic heterocycles. The molecule has 8 heteroatoms. The number of carbonyl (C=O) groups is 2. The number of carbonyl (C=O) groups excluding carboxylic acids is 2. The summed E-state index contributed by atoms with van der Waals surface area (Å²) in [5, 5.41) is 15.9. The molecule has 1 saturated carbocycles. The summed E-state index contributed by atoms with van der Waals surface area (Å²) in [6.07, 6.45) is 2.03. The van der Waals surface area contributed by atoms with Crippen LogP contribution in [0, 0.1) is 5.92 Å². The van der Waals surface area contributed by atoms with E-state index in [-0.39, 0.29) is 24.4 Å². The smallest absolute Gasteiger partial charge is 0.344 e. The molecular formula is C12H19N5O3. The maximum Gasteiger partial charge on any atom is 0.344 e. The van der Waals surface area contributed by atoms with Gasteiger partial charge >= 0.3 is 6.03 Å². The molecular weight excluding hydrogens is 262 g/mol. The molecule has 0 spiro atoms. The van der Waals surface area contributed by atoms with Gasteiger partial charge in [-0.15, -0.1) is 5.10 Å². The van der Waals surface area contributed by atoms with Crippen LogP contribution in [-0.4, -0.2) is 51.9 Å². The Morgan fingerprint density at radius 2 is 2.20 bits per heavy atom. The molecule has 1 aromatic heterocycles. The van der Waals surface area contributed by atoms with E-state index in [9.17, 15) is 14.7 Å². The minimum absolute atomic E-state index is 0.170. The van der Waals surface area contributed by atoms with Crippen molar-refractivity contribution in [3.63, 3.8) is 0 Å². The van der Waals surface area contributed by atoms with E-state index in [1.807, 2.05) is 0 Å². The number of nitrogens with zero attached hydrogens (tertiary/aromatic N) is 3. The van der Waals surface area contributed by atoms with E-state index < -0.39 is 6.10 Å². The molecule has 4 N–H and O–H groups in total. The standard InChI is InChI=1S/C12H19N5O3/c1-16(2)12(20)17-6-8(5-13)10(15-17)14-11(19)7-3-9(18)4-7/h6-7,9,18H,3-5,13H2,1-2H3,(H,14,15,19). The minimum Gasteiger partial charge on any atom is -0.393 e. The largest absolute Gasteiger partial charge is 0.393 e. The highest BCUT2D eigenvalue weighted by Crippen LogP contribution is 2.28. The lowest BCUT2D eigenvalue weighted by molar-refractivity contribution is -0.126. The van der Waals surface area contributed by atoms with Crippen LogP contribution in [0.2, 0.25) is 0 Å². The first-order chi connectivity index (χ1) is 9.42. The van der Waals surface area contributed by atoms with Crippen LogP contribution < -0.4 is 11.1 Å². The van der Waals surface area contributed by atoms with Crippen LogP contribution in [0.25, 0.3) is 0 Å². The molecule has 8 nitrogen and oxygen atoms in total. The van der Waals surface area contributed by atoms with Gasteiger partial charge in [-0.3, -0.25) is 4.79 Å². The second-order valence-electron chi connectivity index (χ2n) is 5.14. The molecule has 20 heavy (non-hydrogen) atoms. The molecule has 110 valence electrons. The Kier molecular flexibility index (Phi) is 4.05. The molecule has 0 unspecified atom stereocenters. The highest BCUT2D eigenvalue weighted by molar-refractivity contribution is 5.93. The number of nitrogens with two attached hydrogens (primary N) is 1. The fourth-order valence-corrected chi connectivity index (χ4v) is 1.99. The third-order valence-electron chi connectivity index (χ3n) is 3.31. The molecule has 2 amide bonds. The van der Waals surface area contributed by atoms with Gasteiger partial charge in [0.25, 0.3) is 0 Å². The Hall–Kier alpha value is -1.93. The molecule has 0 radical (unpaired) electrons. The van der Waals surface area contributed by atoms with E-state index >= 15 is 0 Å². The second-order valence-corrected chi connectivity index (χ2v) is 5.14. The number of hydrogen-bond donors (Lipinski definition) is 3. The van der Waals surface area contributed by atoms with E-state index in [1.165, 1.54) is 11.1 Å². The Bertz CT molecular complexity index is 519. The number of nitrogens with one attached hydrogen (secondary N) is 1. The van der Waals surface area contributed by atoms with Gasteiger partial charge in [-0.05, 0) is 12.8 Å². The zero-order chi connectivity index (χ0) is 14.9. The molecule has 1 fully saturated rings. The highest BCUT2D eigenvalue weighted by atomic mass is 16.3. The second kappa shape index (κ2) is 5.59. The van der Waals surface area contributed by atoms with Gasteiger partial charge < -0.3 is 21.1 Å². The molecule has 0 aromatic carbocycles. The summed E-state index contributed by atoms with van der Waals surface area (Å²) < 4.78 is 1.15. The minimum atomic E-state index is -0.396. The first-order valence-electron chi connectivity index (χ1n) is 6.41. The van der Waals surface area contributed by atoms with Crippen molar-refractivity contribution in [1.82, 2.24) is 14.7 Å². The molecule has 1 aliphatic carbocycles. The third-order valence-corrected chi connectivity index (χ3v) is 3.31. The van der Waals surface area contributed by atoms with Gasteiger partial charge in [0.1, 0.15) is 0 Å². The van der Waals surface area contributed by atoms with Crippen molar-refractivity contribution in [2.24, 2.45) is 11.7 Å². The molecule has 0 atom stereocenters. The van der Waals surface area contributed by atoms with Gasteiger partial charge in [0.2, 0.25) is 5.91 Å². The topological polar surface area (TPSA) is 113 Å². The summed E-state index contributed by atoms with van der Waals surface area (Å²) in [6.45, 7) is 0.170. The lowest BCUT2D eigenvalue weighted by Gasteiger charge is -2.29. The Labute approximate surface area is 116 Å². The zero-order valence-corrected chi connectivity index (χ0v) is 11.5. The van der Waals surface area contributed by atoms with Gasteiger partial charge in [0.15, 0.2) is 5.82 Å². The Morgan fingerprint density at radius 1 is 1.55 bits per heavy atom. The summed E-state index contributed by atoms with van der Waals surface area (Å²) in [4.78, 5) is 25.1. The maximum atomic E-state index is 11.9. The fourth-order valence-electron chi connectivity index (χ4n) is 1.99. The molecule has 1 heterocycles. The number of anilines is 1. The number of aromatic nitrogens is 2. The molecule has 0 bridgehead atoms. The van der Waals surface area contributed by atoms with Crippen LogP contribution in [-0.2, 0) is 11.3 Å². The maximum absolute atomic E-state index is 11.9. The zero-order valence-electron chi connectivity index (χ0n) is 11.5. The Balaban J connectivity index is 2.10. The lowest BCUT2D eigenvalue weighted by Crippen LogP contribution is -2.37. The van der Waals surface area contributed by atoms with Crippen LogP contribution in [0.15, 0.2) is 6.20 Å². The van der Waals surface area contributed by atoms with Crippen molar-refractivity contribution in [3.8, 4) is 0 Å². The van der Waals surface area contributed by atoms with Crippen molar-refractivity contribution in [2.75, 3.05) is 19.4 Å². The van der Waals surface area contributed by atoms with Crippen LogP contribution in [0.4, 0.5) is 10.6 Å². The van der Waals surface area contributed by atoms with Crippen molar-refractivity contribution in [2.45, 2.75) is 25.5 Å². The number of rotatable bonds is 3. The SMILES string of the molecule is CN(C)C(=O)n1cc(CN)c(NC(=O)C2CC(O)C2)n1. The lowest BCUT2D eigenvalue weighted by atomic mass is 9.82. The van der Waals surface area contributed by atoms with E-state index in [1.54, 1.807) is 14.1 Å². The number of aliphatic hydroxyl groups is 1. The Morgan fingerprint density at radius 3 is 2.70 bits per heavy atom. The predicted molar refractivity (Wildman–Crippen MR) is 72.0 cm³/mol. The number of aliphatic hydroxyl groups excluding tert-OH is 1. The van der Waals surface area contributed by atoms with Crippen molar-refractivity contribution < 1.29 is 14.7 Å². The van der Waals surface area contributed by atoms with Crippen molar-refractivity contribution >= 4 is 17.8 Å². The molecule has 2 rings (SSSR count). The molecule has 0 saturated heterocycles. The predicted octanol–water partition coefficient (Wildman–Crippen LogP) is -0.419. The van der Waals surface area contributed by atoms with Gasteiger partial charge in [-0.2, -0.15) is 4.68 Å². The fraction of sp³-hybridized carbons (Fsp3) is 0.583. The van der Waals surface area contributed by atoms with Crippen LogP contribution >= 0.6 is 0 Å². The van der Waals surface area contributed by atoms with Crippen molar-refractivity contribution in [3.05, 3.63) is 11.8 Å². The van der Waals surface area contributed by atoms with E-state index in [4.69, 9.17) is 5.73 Å².